The van der Waals surface area contributed by atoms with E-state index in [9.17, 15) is 0 Å². The van der Waals surface area contributed by atoms with Crippen LogP contribution in [0.2, 0.25) is 0 Å². The molecule has 3 aromatic rings. The summed E-state index contributed by atoms with van der Waals surface area (Å²) in [6.45, 7) is 2.22. The standard InChI is InChI=1S/C19H20N2/c1-2-3-12-18-15-19(16-10-6-4-7-11-16)20-21(18)17-13-8-5-9-14-17/h4-11,13-15H,2-3,12H2,1H3. The second-order valence-corrected chi connectivity index (χ2v) is 5.24. The molecule has 1 aromatic heterocycles. The number of unbranched alkanes of at least 4 members (excludes halogenated alkanes) is 1. The van der Waals surface area contributed by atoms with Gasteiger partial charge < -0.3 is 0 Å². The lowest BCUT2D eigenvalue weighted by atomic mass is 10.1. The van der Waals surface area contributed by atoms with E-state index in [1.54, 1.807) is 0 Å². The van der Waals surface area contributed by atoms with Gasteiger partial charge in [-0.15, -0.1) is 0 Å². The van der Waals surface area contributed by atoms with Crippen LogP contribution < -0.4 is 0 Å². The Hall–Kier alpha value is -2.35. The second kappa shape index (κ2) is 6.40. The highest BCUT2D eigenvalue weighted by molar-refractivity contribution is 5.60. The molecule has 2 heteroatoms. The van der Waals surface area contributed by atoms with Crippen molar-refractivity contribution in [1.29, 1.82) is 0 Å². The van der Waals surface area contributed by atoms with Crippen LogP contribution in [0.25, 0.3) is 16.9 Å². The fourth-order valence-electron chi connectivity index (χ4n) is 2.50. The Morgan fingerprint density at radius 2 is 1.57 bits per heavy atom. The summed E-state index contributed by atoms with van der Waals surface area (Å²) in [5.74, 6) is 0. The number of hydrogen-bond acceptors (Lipinski definition) is 1. The number of nitrogens with zero attached hydrogens (tertiary/aromatic N) is 2. The molecule has 0 aliphatic carbocycles. The SMILES string of the molecule is CCCCc1cc(-c2ccccc2)nn1-c1ccccc1. The summed E-state index contributed by atoms with van der Waals surface area (Å²) in [7, 11) is 0. The fourth-order valence-corrected chi connectivity index (χ4v) is 2.50. The number of hydrogen-bond donors (Lipinski definition) is 0. The number of para-hydroxylation sites is 1. The molecule has 0 atom stereocenters. The van der Waals surface area contributed by atoms with Crippen molar-refractivity contribution in [3.8, 4) is 16.9 Å². The molecule has 0 bridgehead atoms. The van der Waals surface area contributed by atoms with Crippen molar-refractivity contribution in [2.75, 3.05) is 0 Å². The Balaban J connectivity index is 2.03. The first-order valence-electron chi connectivity index (χ1n) is 7.58. The van der Waals surface area contributed by atoms with Gasteiger partial charge in [0.2, 0.25) is 0 Å². The topological polar surface area (TPSA) is 17.8 Å². The van der Waals surface area contributed by atoms with E-state index in [-0.39, 0.29) is 0 Å². The van der Waals surface area contributed by atoms with E-state index in [0.717, 1.165) is 17.8 Å². The number of benzene rings is 2. The molecule has 0 saturated carbocycles. The molecule has 106 valence electrons. The Bertz CT molecular complexity index is 684. The monoisotopic (exact) mass is 276 g/mol. The van der Waals surface area contributed by atoms with E-state index < -0.39 is 0 Å². The predicted molar refractivity (Wildman–Crippen MR) is 87.6 cm³/mol. The van der Waals surface area contributed by atoms with Crippen LogP contribution in [0.1, 0.15) is 25.5 Å². The first-order chi connectivity index (χ1) is 10.4. The molecule has 3 rings (SSSR count). The average Bonchev–Trinajstić information content (AvgIpc) is 2.99. The van der Waals surface area contributed by atoms with Gasteiger partial charge >= 0.3 is 0 Å². The summed E-state index contributed by atoms with van der Waals surface area (Å²) in [6.07, 6.45) is 3.44. The molecule has 0 spiro atoms. The smallest absolute Gasteiger partial charge is 0.0930 e. The lowest BCUT2D eigenvalue weighted by Gasteiger charge is -2.06. The third kappa shape index (κ3) is 3.05. The van der Waals surface area contributed by atoms with Gasteiger partial charge in [-0.1, -0.05) is 61.9 Å². The van der Waals surface area contributed by atoms with Crippen LogP contribution in [0.15, 0.2) is 66.7 Å². The second-order valence-electron chi connectivity index (χ2n) is 5.24. The highest BCUT2D eigenvalue weighted by Gasteiger charge is 2.10. The lowest BCUT2D eigenvalue weighted by molar-refractivity contribution is 0.729. The molecular weight excluding hydrogens is 256 g/mol. The third-order valence-corrected chi connectivity index (χ3v) is 3.64. The maximum Gasteiger partial charge on any atom is 0.0930 e. The first kappa shape index (κ1) is 13.6. The van der Waals surface area contributed by atoms with Crippen LogP contribution in [0, 0.1) is 0 Å². The maximum absolute atomic E-state index is 4.82. The minimum atomic E-state index is 1.05. The molecule has 0 saturated heterocycles. The van der Waals surface area contributed by atoms with Crippen molar-refractivity contribution >= 4 is 0 Å². The zero-order valence-electron chi connectivity index (χ0n) is 12.4. The van der Waals surface area contributed by atoms with Crippen molar-refractivity contribution in [2.24, 2.45) is 0 Å². The molecule has 0 fully saturated rings. The van der Waals surface area contributed by atoms with E-state index >= 15 is 0 Å². The first-order valence-corrected chi connectivity index (χ1v) is 7.58. The number of rotatable bonds is 5. The number of aromatic nitrogens is 2. The van der Waals surface area contributed by atoms with Gasteiger partial charge in [0.1, 0.15) is 0 Å². The van der Waals surface area contributed by atoms with Crippen LogP contribution >= 0.6 is 0 Å². The van der Waals surface area contributed by atoms with Crippen molar-refractivity contribution in [3.05, 3.63) is 72.4 Å². The summed E-state index contributed by atoms with van der Waals surface area (Å²) in [5, 5.41) is 4.82. The van der Waals surface area contributed by atoms with Crippen LogP contribution in [0.4, 0.5) is 0 Å². The molecule has 0 aliphatic heterocycles. The van der Waals surface area contributed by atoms with E-state index in [0.29, 0.717) is 0 Å². The van der Waals surface area contributed by atoms with E-state index in [4.69, 9.17) is 5.10 Å². The Labute approximate surface area is 126 Å². The normalized spacial score (nSPS) is 10.7. The van der Waals surface area contributed by atoms with E-state index in [1.165, 1.54) is 24.1 Å². The molecule has 0 amide bonds. The van der Waals surface area contributed by atoms with E-state index in [1.807, 2.05) is 12.1 Å². The molecular formula is C19H20N2. The van der Waals surface area contributed by atoms with Gasteiger partial charge in [0.05, 0.1) is 11.4 Å². The molecule has 0 N–H and O–H groups in total. The Morgan fingerprint density at radius 1 is 0.905 bits per heavy atom. The van der Waals surface area contributed by atoms with Crippen molar-refractivity contribution in [1.82, 2.24) is 9.78 Å². The molecule has 0 radical (unpaired) electrons. The largest absolute Gasteiger partial charge is 0.237 e. The van der Waals surface area contributed by atoms with Crippen LogP contribution in [-0.2, 0) is 6.42 Å². The van der Waals surface area contributed by atoms with Gasteiger partial charge in [-0.2, -0.15) is 5.10 Å². The van der Waals surface area contributed by atoms with Gasteiger partial charge in [-0.25, -0.2) is 4.68 Å². The highest BCUT2D eigenvalue weighted by atomic mass is 15.3. The summed E-state index contributed by atoms with van der Waals surface area (Å²) in [6, 6.07) is 23.0. The summed E-state index contributed by atoms with van der Waals surface area (Å²) < 4.78 is 2.08. The lowest BCUT2D eigenvalue weighted by Crippen LogP contribution is -2.01. The fraction of sp³-hybridized carbons (Fsp3) is 0.211. The van der Waals surface area contributed by atoms with Gasteiger partial charge in [-0.3, -0.25) is 0 Å². The van der Waals surface area contributed by atoms with Gasteiger partial charge in [0, 0.05) is 11.3 Å². The molecule has 0 unspecified atom stereocenters. The molecule has 2 aromatic carbocycles. The molecule has 0 aliphatic rings. The predicted octanol–water partition coefficient (Wildman–Crippen LogP) is 4.88. The summed E-state index contributed by atoms with van der Waals surface area (Å²) in [5.41, 5.74) is 4.63. The number of aryl methyl sites for hydroxylation is 1. The van der Waals surface area contributed by atoms with Gasteiger partial charge in [0.15, 0.2) is 0 Å². The summed E-state index contributed by atoms with van der Waals surface area (Å²) >= 11 is 0. The third-order valence-electron chi connectivity index (χ3n) is 3.64. The molecule has 21 heavy (non-hydrogen) atoms. The highest BCUT2D eigenvalue weighted by Crippen LogP contribution is 2.22. The molecule has 2 nitrogen and oxygen atoms in total. The Kier molecular flexibility index (Phi) is 4.15. The average molecular weight is 276 g/mol. The zero-order chi connectivity index (χ0) is 14.5. The quantitative estimate of drug-likeness (QED) is 0.649. The minimum absolute atomic E-state index is 1.05. The summed E-state index contributed by atoms with van der Waals surface area (Å²) in [4.78, 5) is 0. The van der Waals surface area contributed by atoms with Gasteiger partial charge in [0.25, 0.3) is 0 Å². The minimum Gasteiger partial charge on any atom is -0.237 e. The van der Waals surface area contributed by atoms with Gasteiger partial charge in [-0.05, 0) is 31.0 Å². The zero-order valence-corrected chi connectivity index (χ0v) is 12.4. The van der Waals surface area contributed by atoms with Crippen LogP contribution in [-0.4, -0.2) is 9.78 Å². The van der Waals surface area contributed by atoms with Crippen molar-refractivity contribution in [3.63, 3.8) is 0 Å². The Morgan fingerprint density at radius 3 is 2.24 bits per heavy atom. The van der Waals surface area contributed by atoms with Crippen molar-refractivity contribution < 1.29 is 0 Å². The van der Waals surface area contributed by atoms with Crippen LogP contribution in [0.3, 0.4) is 0 Å². The van der Waals surface area contributed by atoms with E-state index in [2.05, 4.69) is 66.2 Å². The van der Waals surface area contributed by atoms with Crippen LogP contribution in [0.5, 0.6) is 0 Å². The maximum atomic E-state index is 4.82. The molecule has 1 heterocycles. The van der Waals surface area contributed by atoms with Crippen molar-refractivity contribution in [2.45, 2.75) is 26.2 Å².